The number of hydrogen-bond acceptors (Lipinski definition) is 7. The maximum Gasteiger partial charge on any atom is 0.294 e. The summed E-state index contributed by atoms with van der Waals surface area (Å²) in [7, 11) is 0. The number of nitrogens with one attached hydrogen (secondary N) is 1. The van der Waals surface area contributed by atoms with E-state index in [1.54, 1.807) is 30.3 Å². The zero-order valence-corrected chi connectivity index (χ0v) is 16.9. The van der Waals surface area contributed by atoms with E-state index in [1.165, 1.54) is 6.08 Å². The number of nitrogens with zero attached hydrogens (tertiary/aromatic N) is 2. The Morgan fingerprint density at radius 1 is 1.28 bits per heavy atom. The summed E-state index contributed by atoms with van der Waals surface area (Å²) >= 11 is 3.59. The number of thioether (sulfide) groups is 1. The van der Waals surface area contributed by atoms with Crippen molar-refractivity contribution in [3.05, 3.63) is 67.5 Å². The Bertz CT molecular complexity index is 1060. The largest absolute Gasteiger partial charge is 0.506 e. The van der Waals surface area contributed by atoms with Crippen molar-refractivity contribution < 1.29 is 24.4 Å². The fraction of sp³-hybridized carbons (Fsp3) is 0.0556. The summed E-state index contributed by atoms with van der Waals surface area (Å²) in [6.07, 6.45) is 1.17. The predicted molar refractivity (Wildman–Crippen MR) is 110 cm³/mol. The highest BCUT2D eigenvalue weighted by molar-refractivity contribution is 9.10. The smallest absolute Gasteiger partial charge is 0.294 e. The van der Waals surface area contributed by atoms with E-state index in [9.17, 15) is 29.6 Å². The van der Waals surface area contributed by atoms with Crippen LogP contribution in [0.1, 0.15) is 5.56 Å². The van der Waals surface area contributed by atoms with Crippen molar-refractivity contribution >= 4 is 62.2 Å². The van der Waals surface area contributed by atoms with E-state index in [1.807, 2.05) is 0 Å². The molecule has 1 aliphatic rings. The molecule has 29 heavy (non-hydrogen) atoms. The number of benzene rings is 2. The number of phenols is 1. The lowest BCUT2D eigenvalue weighted by atomic mass is 10.1. The lowest BCUT2D eigenvalue weighted by Gasteiger charge is -2.12. The van der Waals surface area contributed by atoms with Gasteiger partial charge in [-0.15, -0.1) is 0 Å². The van der Waals surface area contributed by atoms with Crippen molar-refractivity contribution in [3.63, 3.8) is 0 Å². The van der Waals surface area contributed by atoms with E-state index in [0.717, 1.165) is 17.0 Å². The quantitative estimate of drug-likeness (QED) is 0.381. The Morgan fingerprint density at radius 3 is 2.62 bits per heavy atom. The molecule has 0 aliphatic carbocycles. The molecule has 2 aromatic rings. The topological polar surface area (TPSA) is 130 Å². The molecule has 3 amide bonds. The number of imide groups is 1. The van der Waals surface area contributed by atoms with Crippen LogP contribution in [0.3, 0.4) is 0 Å². The van der Waals surface area contributed by atoms with Gasteiger partial charge < -0.3 is 10.4 Å². The minimum atomic E-state index is -0.731. The first-order valence-electron chi connectivity index (χ1n) is 8.03. The van der Waals surface area contributed by atoms with Crippen molar-refractivity contribution in [2.45, 2.75) is 0 Å². The number of phenolic OH excluding ortho intramolecular Hbond substituents is 1. The summed E-state index contributed by atoms with van der Waals surface area (Å²) < 4.78 is 0.0689. The number of rotatable bonds is 5. The molecule has 0 aromatic heterocycles. The molecule has 148 valence electrons. The van der Waals surface area contributed by atoms with Gasteiger partial charge in [-0.25, -0.2) is 0 Å². The van der Waals surface area contributed by atoms with Crippen LogP contribution in [0.4, 0.5) is 16.2 Å². The number of hydrogen-bond donors (Lipinski definition) is 2. The first-order chi connectivity index (χ1) is 13.8. The molecule has 2 aromatic carbocycles. The Labute approximate surface area is 176 Å². The van der Waals surface area contributed by atoms with Gasteiger partial charge in [0.1, 0.15) is 12.3 Å². The first-order valence-corrected chi connectivity index (χ1v) is 9.64. The molecule has 0 saturated carbocycles. The van der Waals surface area contributed by atoms with E-state index in [2.05, 4.69) is 21.2 Å². The molecular formula is C18H12BrN3O6S. The normalized spacial score (nSPS) is 15.1. The van der Waals surface area contributed by atoms with Crippen LogP contribution >= 0.6 is 27.7 Å². The van der Waals surface area contributed by atoms with E-state index >= 15 is 0 Å². The summed E-state index contributed by atoms with van der Waals surface area (Å²) in [6, 6.07) is 10.7. The summed E-state index contributed by atoms with van der Waals surface area (Å²) in [5.41, 5.74) is 0.207. The predicted octanol–water partition coefficient (Wildman–Crippen LogP) is 3.74. The van der Waals surface area contributed by atoms with Crippen LogP contribution in [-0.2, 0) is 9.59 Å². The van der Waals surface area contributed by atoms with E-state index in [-0.39, 0.29) is 26.4 Å². The second-order valence-corrected chi connectivity index (χ2v) is 7.65. The molecule has 9 nitrogen and oxygen atoms in total. The standard InChI is InChI=1S/C18H12BrN3O6S/c19-13-8-12(22(27)28)6-10(16(13)24)7-14-17(25)21(18(26)29-14)9-15(23)20-11-4-2-1-3-5-11/h1-8,24H,9H2,(H,20,23)/b14-7-. The maximum atomic E-state index is 12.5. The van der Waals surface area contributed by atoms with E-state index < -0.39 is 28.5 Å². The molecule has 1 heterocycles. The third kappa shape index (κ3) is 4.63. The summed E-state index contributed by atoms with van der Waals surface area (Å²) in [5.74, 6) is -1.60. The van der Waals surface area contributed by atoms with Crippen LogP contribution in [0.5, 0.6) is 5.75 Å². The molecular weight excluding hydrogens is 466 g/mol. The number of non-ortho nitro benzene ring substituents is 1. The van der Waals surface area contributed by atoms with Crippen molar-refractivity contribution in [2.24, 2.45) is 0 Å². The lowest BCUT2D eigenvalue weighted by molar-refractivity contribution is -0.385. The van der Waals surface area contributed by atoms with E-state index in [0.29, 0.717) is 17.4 Å². The maximum absolute atomic E-state index is 12.5. The molecule has 0 bridgehead atoms. The van der Waals surface area contributed by atoms with Crippen molar-refractivity contribution in [1.82, 2.24) is 4.90 Å². The van der Waals surface area contributed by atoms with Crippen LogP contribution in [0, 0.1) is 10.1 Å². The van der Waals surface area contributed by atoms with Gasteiger partial charge in [0.15, 0.2) is 0 Å². The molecule has 1 fully saturated rings. The Balaban J connectivity index is 1.80. The van der Waals surface area contributed by atoms with Gasteiger partial charge in [0.2, 0.25) is 5.91 Å². The Kier molecular flexibility index (Phi) is 5.99. The SMILES string of the molecule is O=C(CN1C(=O)S/C(=C\c2cc([N+](=O)[O-])cc(Br)c2O)C1=O)Nc1ccccc1. The molecule has 11 heteroatoms. The summed E-state index contributed by atoms with van der Waals surface area (Å²) in [6.45, 7) is -0.485. The molecule has 2 N–H and O–H groups in total. The molecule has 0 atom stereocenters. The monoisotopic (exact) mass is 477 g/mol. The number of aromatic hydroxyl groups is 1. The number of nitro groups is 1. The van der Waals surface area contributed by atoms with Crippen LogP contribution < -0.4 is 5.32 Å². The number of carbonyl (C=O) groups excluding carboxylic acids is 3. The minimum absolute atomic E-state index is 0.00897. The lowest BCUT2D eigenvalue weighted by Crippen LogP contribution is -2.36. The first kappa shape index (κ1) is 20.6. The molecule has 1 aliphatic heterocycles. The zero-order valence-electron chi connectivity index (χ0n) is 14.5. The summed E-state index contributed by atoms with van der Waals surface area (Å²) in [4.78, 5) is 47.9. The van der Waals surface area contributed by atoms with Crippen molar-refractivity contribution in [1.29, 1.82) is 0 Å². The third-order valence-corrected chi connectivity index (χ3v) is 5.32. The van der Waals surface area contributed by atoms with Crippen LogP contribution in [0.15, 0.2) is 51.8 Å². The Morgan fingerprint density at radius 2 is 1.97 bits per heavy atom. The number of carbonyl (C=O) groups is 3. The highest BCUT2D eigenvalue weighted by Gasteiger charge is 2.36. The minimum Gasteiger partial charge on any atom is -0.506 e. The molecule has 0 unspecified atom stereocenters. The van der Waals surface area contributed by atoms with E-state index in [4.69, 9.17) is 0 Å². The van der Waals surface area contributed by atoms with Crippen LogP contribution in [0.2, 0.25) is 0 Å². The van der Waals surface area contributed by atoms with Gasteiger partial charge in [0, 0.05) is 23.4 Å². The van der Waals surface area contributed by atoms with Gasteiger partial charge in [0.05, 0.1) is 14.3 Å². The highest BCUT2D eigenvalue weighted by atomic mass is 79.9. The number of anilines is 1. The van der Waals surface area contributed by atoms with Gasteiger partial charge >= 0.3 is 0 Å². The number of halogens is 1. The number of amides is 3. The van der Waals surface area contributed by atoms with Gasteiger partial charge in [-0.3, -0.25) is 29.4 Å². The van der Waals surface area contributed by atoms with Crippen molar-refractivity contribution in [3.8, 4) is 5.75 Å². The summed E-state index contributed by atoms with van der Waals surface area (Å²) in [5, 5.41) is 23.0. The fourth-order valence-electron chi connectivity index (χ4n) is 2.46. The highest BCUT2D eigenvalue weighted by Crippen LogP contribution is 2.37. The van der Waals surface area contributed by atoms with Gasteiger partial charge in [-0.1, -0.05) is 18.2 Å². The second-order valence-electron chi connectivity index (χ2n) is 5.80. The number of para-hydroxylation sites is 1. The number of nitro benzene ring substituents is 1. The fourth-order valence-corrected chi connectivity index (χ4v) is 3.76. The van der Waals surface area contributed by atoms with Gasteiger partial charge in [-0.05, 0) is 45.9 Å². The molecule has 0 spiro atoms. The van der Waals surface area contributed by atoms with Crippen LogP contribution in [0.25, 0.3) is 6.08 Å². The van der Waals surface area contributed by atoms with Crippen LogP contribution in [-0.4, -0.2) is 38.5 Å². The average molecular weight is 478 g/mol. The molecule has 3 rings (SSSR count). The molecule has 0 radical (unpaired) electrons. The average Bonchev–Trinajstić information content (AvgIpc) is 2.93. The molecule has 1 saturated heterocycles. The van der Waals surface area contributed by atoms with Gasteiger partial charge in [0.25, 0.3) is 16.8 Å². The Hall–Kier alpha value is -3.18. The third-order valence-electron chi connectivity index (χ3n) is 3.81. The second kappa shape index (κ2) is 8.45. The van der Waals surface area contributed by atoms with Gasteiger partial charge in [-0.2, -0.15) is 0 Å². The zero-order chi connectivity index (χ0) is 21.1. The van der Waals surface area contributed by atoms with Crippen molar-refractivity contribution in [2.75, 3.05) is 11.9 Å².